The van der Waals surface area contributed by atoms with E-state index >= 15 is 0 Å². The van der Waals surface area contributed by atoms with Gasteiger partial charge in [0.2, 0.25) is 11.8 Å². The molecule has 5 aliphatic rings. The first-order valence-electron chi connectivity index (χ1n) is 16.4. The summed E-state index contributed by atoms with van der Waals surface area (Å²) in [5.74, 6) is 5.42. The zero-order chi connectivity index (χ0) is 28.9. The number of allylic oxidation sites excluding steroid dienone is 1. The van der Waals surface area contributed by atoms with Crippen molar-refractivity contribution in [1.82, 2.24) is 14.9 Å². The number of carbonyl (C=O) groups is 1. The number of hydrogen-bond acceptors (Lipinski definition) is 6. The molecule has 1 aromatic rings. The van der Waals surface area contributed by atoms with E-state index in [1.165, 1.54) is 32.1 Å². The number of aliphatic hydroxyl groups excluding tert-OH is 1. The molecule has 226 valence electrons. The number of aliphatic hydroxyl groups is 1. The summed E-state index contributed by atoms with van der Waals surface area (Å²) in [5.41, 5.74) is 2.27. The maximum absolute atomic E-state index is 13.4. The number of anilines is 1. The molecule has 1 aliphatic heterocycles. The molecule has 0 bridgehead atoms. The first kappa shape index (κ1) is 28.9. The molecule has 0 radical (unpaired) electrons. The summed E-state index contributed by atoms with van der Waals surface area (Å²) < 4.78 is 5.28. The molecule has 0 spiro atoms. The second-order valence-corrected chi connectivity index (χ2v) is 14.7. The Kier molecular flexibility index (Phi) is 7.88. The Bertz CT molecular complexity index is 1160. The molecule has 1 aromatic heterocycles. The van der Waals surface area contributed by atoms with Gasteiger partial charge in [0.15, 0.2) is 0 Å². The number of ether oxygens (including phenoxy) is 1. The van der Waals surface area contributed by atoms with Crippen LogP contribution in [0.3, 0.4) is 0 Å². The summed E-state index contributed by atoms with van der Waals surface area (Å²) in [6, 6.07) is 2.08. The third kappa shape index (κ3) is 5.08. The maximum atomic E-state index is 13.4. The van der Waals surface area contributed by atoms with E-state index in [0.29, 0.717) is 35.0 Å². The fourth-order valence-corrected chi connectivity index (χ4v) is 10.5. The van der Waals surface area contributed by atoms with Gasteiger partial charge in [0.1, 0.15) is 12.1 Å². The molecule has 1 amide bonds. The van der Waals surface area contributed by atoms with E-state index in [1.807, 2.05) is 6.07 Å². The molecule has 2 heterocycles. The largest absolute Gasteiger partial charge is 0.481 e. The van der Waals surface area contributed by atoms with E-state index in [-0.39, 0.29) is 12.1 Å². The van der Waals surface area contributed by atoms with Gasteiger partial charge < -0.3 is 19.6 Å². The van der Waals surface area contributed by atoms with Crippen LogP contribution in [0, 0.1) is 40.4 Å². The molecule has 4 aliphatic carbocycles. The van der Waals surface area contributed by atoms with Gasteiger partial charge in [-0.25, -0.2) is 9.97 Å². The van der Waals surface area contributed by atoms with E-state index in [2.05, 4.69) is 53.5 Å². The van der Waals surface area contributed by atoms with E-state index in [9.17, 15) is 9.90 Å². The molecular weight excluding hydrogens is 512 g/mol. The van der Waals surface area contributed by atoms with Crippen molar-refractivity contribution in [1.29, 1.82) is 0 Å². The molecule has 0 unspecified atom stereocenters. The number of rotatable bonds is 6. The van der Waals surface area contributed by atoms with Gasteiger partial charge in [-0.05, 0) is 105 Å². The third-order valence-corrected chi connectivity index (χ3v) is 12.8. The zero-order valence-electron chi connectivity index (χ0n) is 26.0. The summed E-state index contributed by atoms with van der Waals surface area (Å²) in [5, 5.41) is 10.3. The van der Waals surface area contributed by atoms with Crippen LogP contribution in [0.5, 0.6) is 5.88 Å². The van der Waals surface area contributed by atoms with Gasteiger partial charge in [-0.2, -0.15) is 0 Å². The lowest BCUT2D eigenvalue weighted by Gasteiger charge is -2.58. The highest BCUT2D eigenvalue weighted by Crippen LogP contribution is 2.67. The normalized spacial score (nSPS) is 39.3. The Labute approximate surface area is 247 Å². The first-order chi connectivity index (χ1) is 19.6. The van der Waals surface area contributed by atoms with Gasteiger partial charge >= 0.3 is 0 Å². The number of nitrogens with zero attached hydrogens (tertiary/aromatic N) is 4. The van der Waals surface area contributed by atoms with Gasteiger partial charge in [0, 0.05) is 38.2 Å². The molecule has 0 aromatic carbocycles. The van der Waals surface area contributed by atoms with Crippen LogP contribution in [0.25, 0.3) is 0 Å². The first-order valence-corrected chi connectivity index (χ1v) is 16.4. The van der Waals surface area contributed by atoms with Crippen LogP contribution in [-0.4, -0.2) is 64.8 Å². The van der Waals surface area contributed by atoms with Gasteiger partial charge in [-0.1, -0.05) is 32.4 Å². The highest BCUT2D eigenvalue weighted by molar-refractivity contribution is 5.76. The van der Waals surface area contributed by atoms with Crippen LogP contribution in [0.4, 0.5) is 5.82 Å². The standard InChI is InChI=1S/C34H52N4O3/c1-22(6-11-32(40)37-16-17-38(23(2)20-37)30-19-31(41-5)36-21-35-30)27-9-10-28-26-8-7-24-18-25(39)12-14-33(24,3)29(26)13-15-34(27,28)4/h7,19,21-23,25-29,39H,6,8-18,20H2,1-5H3/t22-,23+,25+,26+,27-,28+,29+,33+,34-/m1/s1. The maximum Gasteiger partial charge on any atom is 0.222 e. The summed E-state index contributed by atoms with van der Waals surface area (Å²) >= 11 is 0. The smallest absolute Gasteiger partial charge is 0.222 e. The fourth-order valence-electron chi connectivity index (χ4n) is 10.5. The molecule has 6 rings (SSSR count). The van der Waals surface area contributed by atoms with Crippen molar-refractivity contribution in [3.05, 3.63) is 24.0 Å². The predicted octanol–water partition coefficient (Wildman–Crippen LogP) is 5.88. The molecule has 9 atom stereocenters. The van der Waals surface area contributed by atoms with Crippen molar-refractivity contribution in [3.8, 4) is 5.88 Å². The van der Waals surface area contributed by atoms with Crippen molar-refractivity contribution in [2.24, 2.45) is 40.4 Å². The Morgan fingerprint density at radius 1 is 1.15 bits per heavy atom. The van der Waals surface area contributed by atoms with E-state index in [1.54, 1.807) is 19.0 Å². The third-order valence-electron chi connectivity index (χ3n) is 12.8. The van der Waals surface area contributed by atoms with Crippen LogP contribution >= 0.6 is 0 Å². The quantitative estimate of drug-likeness (QED) is 0.435. The summed E-state index contributed by atoms with van der Waals surface area (Å²) in [4.78, 5) is 26.3. The van der Waals surface area contributed by atoms with E-state index in [4.69, 9.17) is 4.74 Å². The van der Waals surface area contributed by atoms with Crippen LogP contribution in [-0.2, 0) is 4.79 Å². The molecule has 1 saturated heterocycles. The number of aromatic nitrogens is 2. The molecule has 1 N–H and O–H groups in total. The Morgan fingerprint density at radius 3 is 2.76 bits per heavy atom. The molecule has 7 heteroatoms. The summed E-state index contributed by atoms with van der Waals surface area (Å²) in [7, 11) is 1.62. The SMILES string of the molecule is COc1cc(N2CCN(C(=O)CC[C@@H](C)[C@H]3CC[C@H]4[C@@H]5CC=C6C[C@@H](O)CC[C@]6(C)[C@H]5CC[C@]34C)C[C@@H]2C)ncn1. The minimum atomic E-state index is -0.131. The van der Waals surface area contributed by atoms with Crippen molar-refractivity contribution in [2.75, 3.05) is 31.6 Å². The zero-order valence-corrected chi connectivity index (χ0v) is 26.0. The average molecular weight is 565 g/mol. The van der Waals surface area contributed by atoms with Crippen molar-refractivity contribution < 1.29 is 14.6 Å². The van der Waals surface area contributed by atoms with Gasteiger partial charge in [-0.3, -0.25) is 4.79 Å². The minimum absolute atomic E-state index is 0.131. The van der Waals surface area contributed by atoms with Gasteiger partial charge in [0.05, 0.1) is 13.2 Å². The van der Waals surface area contributed by atoms with Crippen molar-refractivity contribution in [2.45, 2.75) is 104 Å². The molecular formula is C34H52N4O3. The summed E-state index contributed by atoms with van der Waals surface area (Å²) in [6.07, 6.45) is 15.2. The van der Waals surface area contributed by atoms with E-state index in [0.717, 1.165) is 74.8 Å². The number of fused-ring (bicyclic) bond motifs is 5. The van der Waals surface area contributed by atoms with Gasteiger partial charge in [-0.15, -0.1) is 0 Å². The monoisotopic (exact) mass is 564 g/mol. The summed E-state index contributed by atoms with van der Waals surface area (Å²) in [6.45, 7) is 12.0. The second kappa shape index (κ2) is 11.2. The van der Waals surface area contributed by atoms with Crippen LogP contribution < -0.4 is 9.64 Å². The van der Waals surface area contributed by atoms with Crippen molar-refractivity contribution >= 4 is 11.7 Å². The van der Waals surface area contributed by atoms with Crippen LogP contribution in [0.15, 0.2) is 24.0 Å². The average Bonchev–Trinajstić information content (AvgIpc) is 3.33. The van der Waals surface area contributed by atoms with Crippen LogP contribution in [0.2, 0.25) is 0 Å². The van der Waals surface area contributed by atoms with Gasteiger partial charge in [0.25, 0.3) is 0 Å². The highest BCUT2D eigenvalue weighted by atomic mass is 16.5. The second-order valence-electron chi connectivity index (χ2n) is 14.7. The number of methoxy groups -OCH3 is 1. The Balaban J connectivity index is 1.04. The topological polar surface area (TPSA) is 78.8 Å². The number of carbonyl (C=O) groups excluding carboxylic acids is 1. The van der Waals surface area contributed by atoms with Crippen molar-refractivity contribution in [3.63, 3.8) is 0 Å². The van der Waals surface area contributed by atoms with E-state index < -0.39 is 0 Å². The Morgan fingerprint density at radius 2 is 1.98 bits per heavy atom. The lowest BCUT2D eigenvalue weighted by Crippen LogP contribution is -2.54. The molecule has 7 nitrogen and oxygen atoms in total. The minimum Gasteiger partial charge on any atom is -0.481 e. The highest BCUT2D eigenvalue weighted by Gasteiger charge is 2.59. The van der Waals surface area contributed by atoms with Crippen LogP contribution in [0.1, 0.15) is 91.9 Å². The fraction of sp³-hybridized carbons (Fsp3) is 0.794. The number of hydrogen-bond donors (Lipinski definition) is 1. The Hall–Kier alpha value is -2.15. The lowest BCUT2D eigenvalue weighted by atomic mass is 9.47. The number of piperazine rings is 1. The predicted molar refractivity (Wildman–Crippen MR) is 162 cm³/mol. The molecule has 3 saturated carbocycles. The lowest BCUT2D eigenvalue weighted by molar-refractivity contribution is -0.132. The molecule has 41 heavy (non-hydrogen) atoms. The number of amides is 1. The molecule has 4 fully saturated rings.